The first-order valence-corrected chi connectivity index (χ1v) is 8.52. The minimum atomic E-state index is 0.00997. The van der Waals surface area contributed by atoms with Crippen molar-refractivity contribution in [3.63, 3.8) is 0 Å². The Kier molecular flexibility index (Phi) is 6.27. The van der Waals surface area contributed by atoms with Gasteiger partial charge in [-0.05, 0) is 74.6 Å². The van der Waals surface area contributed by atoms with Crippen LogP contribution in [0.1, 0.15) is 35.1 Å². The number of aryl methyl sites for hydroxylation is 3. The second-order valence-electron chi connectivity index (χ2n) is 6.12. The zero-order chi connectivity index (χ0) is 17.7. The van der Waals surface area contributed by atoms with Crippen LogP contribution in [-0.2, 0) is 4.79 Å². The first kappa shape index (κ1) is 18.3. The van der Waals surface area contributed by atoms with Gasteiger partial charge in [0.05, 0.1) is 6.61 Å². The van der Waals surface area contributed by atoms with Crippen LogP contribution in [0.15, 0.2) is 30.3 Å². The Balaban J connectivity index is 1.80. The topological polar surface area (TPSA) is 38.3 Å². The van der Waals surface area contributed by atoms with Crippen molar-refractivity contribution in [1.82, 2.24) is 0 Å². The summed E-state index contributed by atoms with van der Waals surface area (Å²) < 4.78 is 5.73. The van der Waals surface area contributed by atoms with Gasteiger partial charge in [0.2, 0.25) is 5.91 Å². The average molecular weight is 346 g/mol. The van der Waals surface area contributed by atoms with E-state index in [2.05, 4.69) is 5.32 Å². The molecule has 128 valence electrons. The quantitative estimate of drug-likeness (QED) is 0.714. The lowest BCUT2D eigenvalue weighted by Gasteiger charge is -2.11. The number of carbonyl (C=O) groups excluding carboxylic acids is 1. The summed E-state index contributed by atoms with van der Waals surface area (Å²) in [5.41, 5.74) is 5.15. The second-order valence-corrected chi connectivity index (χ2v) is 6.50. The molecule has 0 atom stereocenters. The van der Waals surface area contributed by atoms with Crippen molar-refractivity contribution in [2.45, 2.75) is 40.5 Å². The maximum atomic E-state index is 12.1. The highest BCUT2D eigenvalue weighted by Gasteiger charge is 2.07. The van der Waals surface area contributed by atoms with E-state index >= 15 is 0 Å². The second kappa shape index (κ2) is 8.20. The highest BCUT2D eigenvalue weighted by Crippen LogP contribution is 2.26. The Morgan fingerprint density at radius 1 is 1.08 bits per heavy atom. The molecule has 2 rings (SSSR count). The fourth-order valence-corrected chi connectivity index (χ4v) is 2.62. The molecular formula is C20H24ClNO2. The van der Waals surface area contributed by atoms with Gasteiger partial charge in [0.15, 0.2) is 0 Å². The molecule has 1 amide bonds. The van der Waals surface area contributed by atoms with Gasteiger partial charge in [0.1, 0.15) is 5.75 Å². The monoisotopic (exact) mass is 345 g/mol. The molecule has 4 heteroatoms. The molecule has 0 saturated heterocycles. The third-order valence-corrected chi connectivity index (χ3v) is 4.70. The molecule has 0 aliphatic rings. The lowest BCUT2D eigenvalue weighted by atomic mass is 10.1. The molecule has 3 nitrogen and oxygen atoms in total. The summed E-state index contributed by atoms with van der Waals surface area (Å²) in [6, 6.07) is 9.76. The van der Waals surface area contributed by atoms with Crippen molar-refractivity contribution in [2.75, 3.05) is 11.9 Å². The zero-order valence-electron chi connectivity index (χ0n) is 14.7. The summed E-state index contributed by atoms with van der Waals surface area (Å²) in [4.78, 5) is 12.1. The average Bonchev–Trinajstić information content (AvgIpc) is 2.53. The molecule has 1 N–H and O–H groups in total. The molecule has 24 heavy (non-hydrogen) atoms. The van der Waals surface area contributed by atoms with E-state index in [1.165, 1.54) is 5.56 Å². The van der Waals surface area contributed by atoms with Crippen LogP contribution in [-0.4, -0.2) is 12.5 Å². The Bertz CT molecular complexity index is 717. The molecule has 0 spiro atoms. The van der Waals surface area contributed by atoms with E-state index in [1.54, 1.807) is 0 Å². The number of halogens is 1. The van der Waals surface area contributed by atoms with Gasteiger partial charge in [0, 0.05) is 17.1 Å². The fourth-order valence-electron chi connectivity index (χ4n) is 2.51. The molecule has 0 unspecified atom stereocenters. The van der Waals surface area contributed by atoms with E-state index in [0.29, 0.717) is 19.4 Å². The maximum Gasteiger partial charge on any atom is 0.224 e. The molecule has 0 aliphatic heterocycles. The molecule has 0 saturated carbocycles. The maximum absolute atomic E-state index is 12.1. The van der Waals surface area contributed by atoms with Gasteiger partial charge in [-0.25, -0.2) is 0 Å². The van der Waals surface area contributed by atoms with Crippen LogP contribution in [0.2, 0.25) is 5.02 Å². The number of nitrogens with one attached hydrogen (secondary N) is 1. The molecule has 0 radical (unpaired) electrons. The Morgan fingerprint density at radius 3 is 2.42 bits per heavy atom. The normalized spacial score (nSPS) is 10.5. The van der Waals surface area contributed by atoms with Crippen molar-refractivity contribution in [3.8, 4) is 5.75 Å². The van der Waals surface area contributed by atoms with Crippen LogP contribution < -0.4 is 10.1 Å². The molecule has 0 aliphatic carbocycles. The molecule has 0 aromatic heterocycles. The van der Waals surface area contributed by atoms with Crippen molar-refractivity contribution in [3.05, 3.63) is 57.6 Å². The van der Waals surface area contributed by atoms with Gasteiger partial charge < -0.3 is 10.1 Å². The smallest absolute Gasteiger partial charge is 0.224 e. The molecule has 2 aromatic carbocycles. The van der Waals surface area contributed by atoms with E-state index < -0.39 is 0 Å². The van der Waals surface area contributed by atoms with Crippen LogP contribution in [0.5, 0.6) is 5.75 Å². The van der Waals surface area contributed by atoms with E-state index in [9.17, 15) is 4.79 Å². The molecule has 2 aromatic rings. The minimum absolute atomic E-state index is 0.00997. The lowest BCUT2D eigenvalue weighted by molar-refractivity contribution is -0.116. The summed E-state index contributed by atoms with van der Waals surface area (Å²) >= 11 is 6.14. The Labute approximate surface area is 149 Å². The van der Waals surface area contributed by atoms with Gasteiger partial charge in [-0.1, -0.05) is 23.7 Å². The number of amides is 1. The Hall–Kier alpha value is -2.00. The van der Waals surface area contributed by atoms with Gasteiger partial charge in [-0.15, -0.1) is 0 Å². The van der Waals surface area contributed by atoms with Crippen molar-refractivity contribution < 1.29 is 9.53 Å². The molecular weight excluding hydrogens is 322 g/mol. The fraction of sp³-hybridized carbons (Fsp3) is 0.350. The molecule has 0 fully saturated rings. The van der Waals surface area contributed by atoms with Gasteiger partial charge in [-0.2, -0.15) is 0 Å². The van der Waals surface area contributed by atoms with Crippen molar-refractivity contribution in [2.24, 2.45) is 0 Å². The summed E-state index contributed by atoms with van der Waals surface area (Å²) in [5, 5.41) is 3.74. The number of rotatable bonds is 6. The first-order valence-electron chi connectivity index (χ1n) is 8.14. The largest absolute Gasteiger partial charge is 0.494 e. The van der Waals surface area contributed by atoms with Crippen LogP contribution in [0.25, 0.3) is 0 Å². The summed E-state index contributed by atoms with van der Waals surface area (Å²) in [6.45, 7) is 8.47. The predicted octanol–water partition coefficient (Wildman–Crippen LogP) is 5.37. The SMILES string of the molecule is Cc1cccc(NC(=O)CCCOc2cc(C)c(Cl)c(C)c2)c1C. The van der Waals surface area contributed by atoms with Crippen LogP contribution in [0.4, 0.5) is 5.69 Å². The summed E-state index contributed by atoms with van der Waals surface area (Å²) in [7, 11) is 0. The number of ether oxygens (including phenoxy) is 1. The van der Waals surface area contributed by atoms with Gasteiger partial charge in [-0.3, -0.25) is 4.79 Å². The Morgan fingerprint density at radius 2 is 1.75 bits per heavy atom. The summed E-state index contributed by atoms with van der Waals surface area (Å²) in [5.74, 6) is 0.806. The van der Waals surface area contributed by atoms with E-state index in [4.69, 9.17) is 16.3 Å². The van der Waals surface area contributed by atoms with E-state index in [1.807, 2.05) is 58.0 Å². The van der Waals surface area contributed by atoms with Crippen LogP contribution in [0.3, 0.4) is 0 Å². The van der Waals surface area contributed by atoms with E-state index in [-0.39, 0.29) is 5.91 Å². The predicted molar refractivity (Wildman–Crippen MR) is 100 cm³/mol. The first-order chi connectivity index (χ1) is 11.4. The van der Waals surface area contributed by atoms with Crippen molar-refractivity contribution >= 4 is 23.2 Å². The van der Waals surface area contributed by atoms with E-state index in [0.717, 1.165) is 33.1 Å². The number of benzene rings is 2. The van der Waals surface area contributed by atoms with Crippen LogP contribution >= 0.6 is 11.6 Å². The van der Waals surface area contributed by atoms with Crippen molar-refractivity contribution in [1.29, 1.82) is 0 Å². The molecule has 0 heterocycles. The standard InChI is InChI=1S/C20H24ClNO2/c1-13-7-5-8-18(16(13)4)22-19(23)9-6-10-24-17-11-14(2)20(21)15(3)12-17/h5,7-8,11-12H,6,9-10H2,1-4H3,(H,22,23). The highest BCUT2D eigenvalue weighted by atomic mass is 35.5. The minimum Gasteiger partial charge on any atom is -0.494 e. The number of hydrogen-bond acceptors (Lipinski definition) is 2. The van der Waals surface area contributed by atoms with Gasteiger partial charge >= 0.3 is 0 Å². The third-order valence-electron chi connectivity index (χ3n) is 4.11. The lowest BCUT2D eigenvalue weighted by Crippen LogP contribution is -2.14. The zero-order valence-corrected chi connectivity index (χ0v) is 15.5. The number of anilines is 1. The third kappa shape index (κ3) is 4.75. The highest BCUT2D eigenvalue weighted by molar-refractivity contribution is 6.32. The molecule has 0 bridgehead atoms. The van der Waals surface area contributed by atoms with Gasteiger partial charge in [0.25, 0.3) is 0 Å². The number of hydrogen-bond donors (Lipinski definition) is 1. The van der Waals surface area contributed by atoms with Crippen LogP contribution in [0, 0.1) is 27.7 Å². The summed E-state index contributed by atoms with van der Waals surface area (Å²) in [6.07, 6.45) is 1.09. The number of carbonyl (C=O) groups is 1.